The first-order chi connectivity index (χ1) is 13.9. The molecule has 0 aliphatic carbocycles. The molecule has 2 fully saturated rings. The van der Waals surface area contributed by atoms with E-state index in [2.05, 4.69) is 10.2 Å². The lowest BCUT2D eigenvalue weighted by molar-refractivity contribution is -0.124. The van der Waals surface area contributed by atoms with E-state index < -0.39 is 16.1 Å². The minimum Gasteiger partial charge on any atom is -0.497 e. The molecule has 3 rings (SSSR count). The molecule has 9 heteroatoms. The Morgan fingerprint density at radius 3 is 2.76 bits per heavy atom. The molecule has 2 aliphatic rings. The van der Waals surface area contributed by atoms with Gasteiger partial charge in [0.15, 0.2) is 0 Å². The van der Waals surface area contributed by atoms with Crippen LogP contribution in [0.25, 0.3) is 0 Å². The van der Waals surface area contributed by atoms with E-state index in [1.54, 1.807) is 19.1 Å². The quantitative estimate of drug-likeness (QED) is 0.625. The summed E-state index contributed by atoms with van der Waals surface area (Å²) in [4.78, 5) is 15.2. The van der Waals surface area contributed by atoms with Crippen molar-refractivity contribution in [3.8, 4) is 5.75 Å². The van der Waals surface area contributed by atoms with Crippen molar-refractivity contribution < 1.29 is 22.7 Å². The van der Waals surface area contributed by atoms with Gasteiger partial charge in [0, 0.05) is 32.2 Å². The molecule has 1 aromatic rings. The maximum absolute atomic E-state index is 13.2. The highest BCUT2D eigenvalue weighted by atomic mass is 32.2. The fourth-order valence-electron chi connectivity index (χ4n) is 3.86. The van der Waals surface area contributed by atoms with Crippen LogP contribution < -0.4 is 10.1 Å². The molecule has 1 atom stereocenters. The van der Waals surface area contributed by atoms with Gasteiger partial charge in [0.2, 0.25) is 15.9 Å². The highest BCUT2D eigenvalue weighted by Crippen LogP contribution is 2.30. The highest BCUT2D eigenvalue weighted by molar-refractivity contribution is 7.89. The van der Waals surface area contributed by atoms with Gasteiger partial charge in [-0.2, -0.15) is 4.31 Å². The van der Waals surface area contributed by atoms with E-state index in [4.69, 9.17) is 9.47 Å². The predicted molar refractivity (Wildman–Crippen MR) is 110 cm³/mol. The molecule has 2 aliphatic heterocycles. The van der Waals surface area contributed by atoms with E-state index in [9.17, 15) is 13.2 Å². The molecule has 29 heavy (non-hydrogen) atoms. The van der Waals surface area contributed by atoms with Gasteiger partial charge in [-0.15, -0.1) is 0 Å². The first-order valence-corrected chi connectivity index (χ1v) is 11.6. The van der Waals surface area contributed by atoms with Crippen LogP contribution in [0.4, 0.5) is 0 Å². The smallest absolute Gasteiger partial charge is 0.244 e. The summed E-state index contributed by atoms with van der Waals surface area (Å²) in [7, 11) is -2.27. The van der Waals surface area contributed by atoms with Gasteiger partial charge in [0.1, 0.15) is 11.8 Å². The maximum atomic E-state index is 13.2. The molecule has 0 spiro atoms. The maximum Gasteiger partial charge on any atom is 0.244 e. The number of morpholine rings is 1. The number of nitrogens with zero attached hydrogens (tertiary/aromatic N) is 2. The number of amides is 1. The summed E-state index contributed by atoms with van der Waals surface area (Å²) in [6.07, 6.45) is 2.05. The standard InChI is InChI=1S/C20H31N3O5S/c1-16-6-7-17(27-2)15-19(16)29(25,26)23-10-3-5-18(23)20(24)21-8-4-9-22-11-13-28-14-12-22/h6-7,15,18H,3-5,8-14H2,1-2H3,(H,21,24). The molecule has 0 bridgehead atoms. The number of aryl methyl sites for hydroxylation is 1. The van der Waals surface area contributed by atoms with Crippen LogP contribution in [-0.4, -0.2) is 82.6 Å². The Kier molecular flexibility index (Phi) is 7.50. The van der Waals surface area contributed by atoms with Crippen molar-refractivity contribution in [3.63, 3.8) is 0 Å². The van der Waals surface area contributed by atoms with Crippen LogP contribution >= 0.6 is 0 Å². The van der Waals surface area contributed by atoms with E-state index in [0.29, 0.717) is 37.2 Å². The first-order valence-electron chi connectivity index (χ1n) is 10.2. The number of carbonyl (C=O) groups is 1. The topological polar surface area (TPSA) is 88.2 Å². The van der Waals surface area contributed by atoms with E-state index in [0.717, 1.165) is 39.3 Å². The Labute approximate surface area is 173 Å². The molecular weight excluding hydrogens is 394 g/mol. The van der Waals surface area contributed by atoms with Crippen LogP contribution in [0.5, 0.6) is 5.75 Å². The summed E-state index contributed by atoms with van der Waals surface area (Å²) in [5, 5.41) is 2.93. The second-order valence-corrected chi connectivity index (χ2v) is 9.36. The summed E-state index contributed by atoms with van der Waals surface area (Å²) >= 11 is 0. The number of rotatable bonds is 8. The van der Waals surface area contributed by atoms with Crippen LogP contribution in [0, 0.1) is 6.92 Å². The summed E-state index contributed by atoms with van der Waals surface area (Å²) in [6, 6.07) is 4.33. The van der Waals surface area contributed by atoms with Crippen molar-refractivity contribution in [2.45, 2.75) is 37.1 Å². The molecule has 1 N–H and O–H groups in total. The van der Waals surface area contributed by atoms with Crippen molar-refractivity contribution >= 4 is 15.9 Å². The molecule has 8 nitrogen and oxygen atoms in total. The molecule has 162 valence electrons. The summed E-state index contributed by atoms with van der Waals surface area (Å²) < 4.78 is 38.3. The normalized spacial score (nSPS) is 21.2. The van der Waals surface area contributed by atoms with Gasteiger partial charge < -0.3 is 14.8 Å². The molecule has 0 aromatic heterocycles. The lowest BCUT2D eigenvalue weighted by Gasteiger charge is -2.27. The fourth-order valence-corrected chi connectivity index (χ4v) is 5.76. The van der Waals surface area contributed by atoms with Crippen molar-refractivity contribution in [2.24, 2.45) is 0 Å². The Morgan fingerprint density at radius 1 is 1.28 bits per heavy atom. The van der Waals surface area contributed by atoms with Gasteiger partial charge >= 0.3 is 0 Å². The SMILES string of the molecule is COc1ccc(C)c(S(=O)(=O)N2CCCC2C(=O)NCCCN2CCOCC2)c1. The Balaban J connectivity index is 1.60. The van der Waals surface area contributed by atoms with Gasteiger partial charge in [-0.1, -0.05) is 6.07 Å². The van der Waals surface area contributed by atoms with Crippen LogP contribution in [0.2, 0.25) is 0 Å². The molecule has 0 radical (unpaired) electrons. The van der Waals surface area contributed by atoms with E-state index in [-0.39, 0.29) is 10.8 Å². The van der Waals surface area contributed by atoms with Gasteiger partial charge in [0.05, 0.1) is 25.2 Å². The lowest BCUT2D eigenvalue weighted by atomic mass is 10.2. The molecule has 1 aromatic carbocycles. The lowest BCUT2D eigenvalue weighted by Crippen LogP contribution is -2.46. The third-order valence-corrected chi connectivity index (χ3v) is 7.59. The van der Waals surface area contributed by atoms with Crippen molar-refractivity contribution in [3.05, 3.63) is 23.8 Å². The van der Waals surface area contributed by atoms with Crippen LogP contribution in [0.15, 0.2) is 23.1 Å². The van der Waals surface area contributed by atoms with Gasteiger partial charge in [0.25, 0.3) is 0 Å². The van der Waals surface area contributed by atoms with Crippen LogP contribution in [0.1, 0.15) is 24.8 Å². The van der Waals surface area contributed by atoms with Crippen molar-refractivity contribution in [1.82, 2.24) is 14.5 Å². The molecule has 2 heterocycles. The zero-order chi connectivity index (χ0) is 20.9. The van der Waals surface area contributed by atoms with E-state index in [1.807, 2.05) is 0 Å². The number of nitrogens with one attached hydrogen (secondary N) is 1. The minimum atomic E-state index is -3.77. The molecule has 2 saturated heterocycles. The number of hydrogen-bond acceptors (Lipinski definition) is 6. The van der Waals surface area contributed by atoms with Crippen LogP contribution in [0.3, 0.4) is 0 Å². The Bertz CT molecular complexity index is 808. The van der Waals surface area contributed by atoms with Gasteiger partial charge in [-0.25, -0.2) is 8.42 Å². The summed E-state index contributed by atoms with van der Waals surface area (Å²) in [5.41, 5.74) is 0.641. The third-order valence-electron chi connectivity index (χ3n) is 5.54. The Morgan fingerprint density at radius 2 is 2.03 bits per heavy atom. The average Bonchev–Trinajstić information content (AvgIpc) is 3.23. The van der Waals surface area contributed by atoms with Crippen molar-refractivity contribution in [1.29, 1.82) is 0 Å². The second-order valence-electron chi connectivity index (χ2n) is 7.50. The highest BCUT2D eigenvalue weighted by Gasteiger charge is 2.40. The molecule has 1 unspecified atom stereocenters. The molecule has 0 saturated carbocycles. The number of hydrogen-bond donors (Lipinski definition) is 1. The third kappa shape index (κ3) is 5.28. The summed E-state index contributed by atoms with van der Waals surface area (Å²) in [5.74, 6) is 0.270. The first kappa shape index (κ1) is 22.0. The molecular formula is C20H31N3O5S. The Hall–Kier alpha value is -1.68. The minimum absolute atomic E-state index is 0.198. The number of sulfonamides is 1. The van der Waals surface area contributed by atoms with E-state index in [1.165, 1.54) is 17.5 Å². The fraction of sp³-hybridized carbons (Fsp3) is 0.650. The number of benzene rings is 1. The van der Waals surface area contributed by atoms with Crippen LogP contribution in [-0.2, 0) is 19.6 Å². The average molecular weight is 426 g/mol. The zero-order valence-corrected chi connectivity index (χ0v) is 18.0. The number of carbonyl (C=O) groups excluding carboxylic acids is 1. The van der Waals surface area contributed by atoms with Crippen molar-refractivity contribution in [2.75, 3.05) is 53.0 Å². The monoisotopic (exact) mass is 425 g/mol. The summed E-state index contributed by atoms with van der Waals surface area (Å²) in [6.45, 7) is 6.90. The molecule has 1 amide bonds. The number of ether oxygens (including phenoxy) is 2. The van der Waals surface area contributed by atoms with Gasteiger partial charge in [-0.05, 0) is 44.4 Å². The second kappa shape index (κ2) is 9.88. The van der Waals surface area contributed by atoms with E-state index >= 15 is 0 Å². The number of methoxy groups -OCH3 is 1. The van der Waals surface area contributed by atoms with Gasteiger partial charge in [-0.3, -0.25) is 9.69 Å². The zero-order valence-electron chi connectivity index (χ0n) is 17.2. The predicted octanol–water partition coefficient (Wildman–Crippen LogP) is 0.995. The largest absolute Gasteiger partial charge is 0.497 e.